The molecule has 3 rings (SSSR count). The summed E-state index contributed by atoms with van der Waals surface area (Å²) < 4.78 is 1.85. The highest BCUT2D eigenvalue weighted by Crippen LogP contribution is 2.08. The Morgan fingerprint density at radius 3 is 2.68 bits per heavy atom. The summed E-state index contributed by atoms with van der Waals surface area (Å²) in [6, 6.07) is 10.3. The Morgan fingerprint density at radius 1 is 1.11 bits per heavy atom. The summed E-state index contributed by atoms with van der Waals surface area (Å²) in [5, 5.41) is 7.54. The molecule has 3 aromatic rings. The maximum atomic E-state index is 4.20. The van der Waals surface area contributed by atoms with Crippen molar-refractivity contribution >= 4 is 0 Å². The summed E-state index contributed by atoms with van der Waals surface area (Å²) in [5.41, 5.74) is 2.31. The Bertz CT molecular complexity index is 596. The van der Waals surface area contributed by atoms with E-state index in [2.05, 4.69) is 44.6 Å². The van der Waals surface area contributed by atoms with E-state index in [-0.39, 0.29) is 0 Å². The quantitative estimate of drug-likeness (QED) is 0.730. The van der Waals surface area contributed by atoms with Gasteiger partial charge in [0.15, 0.2) is 0 Å². The van der Waals surface area contributed by atoms with E-state index in [1.54, 1.807) is 12.4 Å². The summed E-state index contributed by atoms with van der Waals surface area (Å²) in [5.74, 6) is 0.952. The summed E-state index contributed by atoms with van der Waals surface area (Å²) in [4.78, 5) is 7.23. The Labute approximate surface area is 111 Å². The van der Waals surface area contributed by atoms with Gasteiger partial charge >= 0.3 is 0 Å². The van der Waals surface area contributed by atoms with Crippen LogP contribution in [0.3, 0.4) is 0 Å². The van der Waals surface area contributed by atoms with Crippen LogP contribution in [0.2, 0.25) is 0 Å². The van der Waals surface area contributed by atoms with Gasteiger partial charge in [-0.1, -0.05) is 12.1 Å². The van der Waals surface area contributed by atoms with E-state index in [1.807, 2.05) is 23.1 Å². The van der Waals surface area contributed by atoms with E-state index >= 15 is 0 Å². The summed E-state index contributed by atoms with van der Waals surface area (Å²) in [6.45, 7) is 1.56. The number of nitrogens with zero attached hydrogens (tertiary/aromatic N) is 3. The number of imidazole rings is 1. The molecule has 5 nitrogen and oxygen atoms in total. The van der Waals surface area contributed by atoms with Crippen LogP contribution < -0.4 is 5.32 Å². The number of H-pyrrole nitrogens is 1. The van der Waals surface area contributed by atoms with Gasteiger partial charge < -0.3 is 10.3 Å². The molecule has 1 aromatic carbocycles. The molecule has 0 saturated heterocycles. The number of aromatic nitrogens is 4. The molecule has 5 heteroatoms. The number of aromatic amines is 1. The first-order chi connectivity index (χ1) is 9.42. The zero-order valence-electron chi connectivity index (χ0n) is 10.5. The summed E-state index contributed by atoms with van der Waals surface area (Å²) >= 11 is 0. The lowest BCUT2D eigenvalue weighted by molar-refractivity contribution is 0.668. The first-order valence-corrected chi connectivity index (χ1v) is 6.20. The molecule has 0 radical (unpaired) electrons. The normalized spacial score (nSPS) is 10.7. The molecular formula is C14H15N5. The van der Waals surface area contributed by atoms with Crippen LogP contribution in [0.4, 0.5) is 0 Å². The van der Waals surface area contributed by atoms with Crippen LogP contribution in [0.1, 0.15) is 11.4 Å². The topological polar surface area (TPSA) is 58.5 Å². The molecule has 96 valence electrons. The molecule has 2 heterocycles. The van der Waals surface area contributed by atoms with Gasteiger partial charge in [-0.3, -0.25) is 0 Å². The van der Waals surface area contributed by atoms with Crippen LogP contribution in [0.5, 0.6) is 0 Å². The van der Waals surface area contributed by atoms with Crippen molar-refractivity contribution in [2.75, 3.05) is 0 Å². The lowest BCUT2D eigenvalue weighted by atomic mass is 10.2. The van der Waals surface area contributed by atoms with E-state index in [1.165, 1.54) is 5.56 Å². The van der Waals surface area contributed by atoms with E-state index in [4.69, 9.17) is 0 Å². The van der Waals surface area contributed by atoms with E-state index in [0.717, 1.165) is 24.6 Å². The van der Waals surface area contributed by atoms with Crippen molar-refractivity contribution in [2.45, 2.75) is 13.1 Å². The zero-order valence-corrected chi connectivity index (χ0v) is 10.5. The highest BCUT2D eigenvalue weighted by molar-refractivity contribution is 5.33. The molecule has 0 saturated carbocycles. The average molecular weight is 253 g/mol. The SMILES string of the molecule is c1cnn(-c2ccc(CNCc3ncc[nH]3)cc2)c1. The molecule has 0 atom stereocenters. The molecule has 2 N–H and O–H groups in total. The average Bonchev–Trinajstić information content (AvgIpc) is 3.13. The number of rotatable bonds is 5. The number of nitrogens with one attached hydrogen (secondary N) is 2. The highest BCUT2D eigenvalue weighted by Gasteiger charge is 1.98. The van der Waals surface area contributed by atoms with Crippen molar-refractivity contribution in [1.82, 2.24) is 25.1 Å². The van der Waals surface area contributed by atoms with Crippen LogP contribution in [0.15, 0.2) is 55.1 Å². The zero-order chi connectivity index (χ0) is 12.9. The van der Waals surface area contributed by atoms with E-state index < -0.39 is 0 Å². The maximum absolute atomic E-state index is 4.20. The van der Waals surface area contributed by atoms with E-state index in [0.29, 0.717) is 0 Å². The van der Waals surface area contributed by atoms with Crippen molar-refractivity contribution in [2.24, 2.45) is 0 Å². The Balaban J connectivity index is 1.57. The summed E-state index contributed by atoms with van der Waals surface area (Å²) in [6.07, 6.45) is 7.30. The second-order valence-electron chi connectivity index (χ2n) is 4.26. The molecule has 0 spiro atoms. The molecule has 0 unspecified atom stereocenters. The summed E-state index contributed by atoms with van der Waals surface area (Å²) in [7, 11) is 0. The monoisotopic (exact) mass is 253 g/mol. The fraction of sp³-hybridized carbons (Fsp3) is 0.143. The molecule has 0 aliphatic carbocycles. The largest absolute Gasteiger partial charge is 0.348 e. The van der Waals surface area contributed by atoms with Gasteiger partial charge in [0, 0.05) is 31.3 Å². The van der Waals surface area contributed by atoms with Gasteiger partial charge in [-0.25, -0.2) is 9.67 Å². The first-order valence-electron chi connectivity index (χ1n) is 6.20. The van der Waals surface area contributed by atoms with Crippen LogP contribution >= 0.6 is 0 Å². The minimum absolute atomic E-state index is 0.744. The Hall–Kier alpha value is -2.40. The minimum Gasteiger partial charge on any atom is -0.348 e. The van der Waals surface area contributed by atoms with Gasteiger partial charge in [0.1, 0.15) is 5.82 Å². The standard InChI is InChI=1S/C14H15N5/c1-6-18-19(9-1)13-4-2-12(3-5-13)10-15-11-14-16-7-8-17-14/h1-9,15H,10-11H2,(H,16,17). The van der Waals surface area contributed by atoms with Crippen molar-refractivity contribution in [3.8, 4) is 5.69 Å². The second kappa shape index (κ2) is 5.49. The van der Waals surface area contributed by atoms with Crippen molar-refractivity contribution in [1.29, 1.82) is 0 Å². The van der Waals surface area contributed by atoms with Gasteiger partial charge in [0.05, 0.1) is 12.2 Å². The Morgan fingerprint density at radius 2 is 2.00 bits per heavy atom. The molecule has 0 aliphatic heterocycles. The fourth-order valence-electron chi connectivity index (χ4n) is 1.91. The molecule has 0 fully saturated rings. The minimum atomic E-state index is 0.744. The smallest absolute Gasteiger partial charge is 0.120 e. The first kappa shape index (κ1) is 11.7. The van der Waals surface area contributed by atoms with Crippen LogP contribution in [-0.4, -0.2) is 19.7 Å². The number of benzene rings is 1. The third-order valence-electron chi connectivity index (χ3n) is 2.88. The predicted molar refractivity (Wildman–Crippen MR) is 72.7 cm³/mol. The van der Waals surface area contributed by atoms with Crippen LogP contribution in [0.25, 0.3) is 5.69 Å². The lowest BCUT2D eigenvalue weighted by Crippen LogP contribution is -2.13. The number of hydrogen-bond donors (Lipinski definition) is 2. The van der Waals surface area contributed by atoms with Gasteiger partial charge in [0.25, 0.3) is 0 Å². The lowest BCUT2D eigenvalue weighted by Gasteiger charge is -2.05. The van der Waals surface area contributed by atoms with E-state index in [9.17, 15) is 0 Å². The highest BCUT2D eigenvalue weighted by atomic mass is 15.3. The second-order valence-corrected chi connectivity index (χ2v) is 4.26. The molecule has 0 amide bonds. The fourth-order valence-corrected chi connectivity index (χ4v) is 1.91. The van der Waals surface area contributed by atoms with Crippen molar-refractivity contribution in [3.05, 3.63) is 66.5 Å². The molecule has 0 bridgehead atoms. The van der Waals surface area contributed by atoms with Crippen molar-refractivity contribution in [3.63, 3.8) is 0 Å². The molecule has 2 aromatic heterocycles. The van der Waals surface area contributed by atoms with Crippen LogP contribution in [-0.2, 0) is 13.1 Å². The van der Waals surface area contributed by atoms with Crippen molar-refractivity contribution < 1.29 is 0 Å². The molecule has 19 heavy (non-hydrogen) atoms. The maximum Gasteiger partial charge on any atom is 0.120 e. The Kier molecular flexibility index (Phi) is 3.38. The van der Waals surface area contributed by atoms with Gasteiger partial charge in [-0.15, -0.1) is 0 Å². The number of hydrogen-bond acceptors (Lipinski definition) is 3. The molecule has 0 aliphatic rings. The van der Waals surface area contributed by atoms with Crippen LogP contribution in [0, 0.1) is 0 Å². The van der Waals surface area contributed by atoms with Gasteiger partial charge in [-0.2, -0.15) is 5.10 Å². The third-order valence-corrected chi connectivity index (χ3v) is 2.88. The predicted octanol–water partition coefficient (Wildman–Crippen LogP) is 1.89. The van der Waals surface area contributed by atoms with Gasteiger partial charge in [0.2, 0.25) is 0 Å². The third kappa shape index (κ3) is 2.89. The van der Waals surface area contributed by atoms with Gasteiger partial charge in [-0.05, 0) is 23.8 Å². The molecular weight excluding hydrogens is 238 g/mol.